The second-order valence-corrected chi connectivity index (χ2v) is 6.82. The predicted molar refractivity (Wildman–Crippen MR) is 92.9 cm³/mol. The van der Waals surface area contributed by atoms with Crippen LogP contribution in [0.4, 0.5) is 0 Å². The fourth-order valence-electron chi connectivity index (χ4n) is 2.48. The van der Waals surface area contributed by atoms with Gasteiger partial charge in [-0.1, -0.05) is 31.2 Å². The highest BCUT2D eigenvalue weighted by Gasteiger charge is 2.25. The highest BCUT2D eigenvalue weighted by Crippen LogP contribution is 2.28. The summed E-state index contributed by atoms with van der Waals surface area (Å²) < 4.78 is 5.34. The molecule has 0 aliphatic carbocycles. The van der Waals surface area contributed by atoms with Crippen LogP contribution in [0.25, 0.3) is 0 Å². The summed E-state index contributed by atoms with van der Waals surface area (Å²) in [6.07, 6.45) is 0.348. The summed E-state index contributed by atoms with van der Waals surface area (Å²) >= 11 is 1.48. The average molecular weight is 333 g/mol. The lowest BCUT2D eigenvalue weighted by atomic mass is 9.96. The molecule has 0 spiro atoms. The standard InChI is InChI=1S/C18H23NO3S/c1-13(14-7-4-5-8-15(14)22-3)11-17(20)19-12-18(2,21)16-9-6-10-23-16/h4-10,13,21H,11-12H2,1-3H3,(H,19,20). The van der Waals surface area contributed by atoms with Gasteiger partial charge in [0, 0.05) is 11.3 Å². The zero-order valence-electron chi connectivity index (χ0n) is 13.7. The first kappa shape index (κ1) is 17.5. The van der Waals surface area contributed by atoms with E-state index in [-0.39, 0.29) is 18.4 Å². The van der Waals surface area contributed by atoms with Crippen LogP contribution in [0.1, 0.15) is 36.6 Å². The van der Waals surface area contributed by atoms with E-state index in [4.69, 9.17) is 4.74 Å². The number of rotatable bonds is 7. The predicted octanol–water partition coefficient (Wildman–Crippen LogP) is 3.27. The molecule has 0 aliphatic rings. The molecule has 2 rings (SSSR count). The van der Waals surface area contributed by atoms with Crippen LogP contribution in [0.15, 0.2) is 41.8 Å². The second-order valence-electron chi connectivity index (χ2n) is 5.88. The monoisotopic (exact) mass is 333 g/mol. The lowest BCUT2D eigenvalue weighted by Gasteiger charge is -2.23. The number of thiophene rings is 1. The van der Waals surface area contributed by atoms with Crippen molar-refractivity contribution in [3.05, 3.63) is 52.2 Å². The molecule has 2 aromatic rings. The van der Waals surface area contributed by atoms with E-state index in [1.54, 1.807) is 14.0 Å². The summed E-state index contributed by atoms with van der Waals surface area (Å²) in [6, 6.07) is 11.5. The van der Waals surface area contributed by atoms with Gasteiger partial charge in [-0.25, -0.2) is 0 Å². The van der Waals surface area contributed by atoms with Gasteiger partial charge in [-0.3, -0.25) is 4.79 Å². The van der Waals surface area contributed by atoms with Crippen molar-refractivity contribution in [3.63, 3.8) is 0 Å². The van der Waals surface area contributed by atoms with Gasteiger partial charge in [-0.05, 0) is 35.9 Å². The molecule has 1 aromatic heterocycles. The van der Waals surface area contributed by atoms with Crippen LogP contribution in [-0.2, 0) is 10.4 Å². The van der Waals surface area contributed by atoms with Gasteiger partial charge in [0.05, 0.1) is 13.7 Å². The molecular weight excluding hydrogens is 310 g/mol. The van der Waals surface area contributed by atoms with Crippen molar-refractivity contribution in [3.8, 4) is 5.75 Å². The van der Waals surface area contributed by atoms with E-state index in [2.05, 4.69) is 5.32 Å². The summed E-state index contributed by atoms with van der Waals surface area (Å²) in [5.74, 6) is 0.747. The van der Waals surface area contributed by atoms with Crippen molar-refractivity contribution < 1.29 is 14.6 Å². The topological polar surface area (TPSA) is 58.6 Å². The Morgan fingerprint density at radius 2 is 2.09 bits per heavy atom. The Labute approximate surface area is 141 Å². The number of amides is 1. The maximum atomic E-state index is 12.2. The van der Waals surface area contributed by atoms with Crippen molar-refractivity contribution in [1.82, 2.24) is 5.32 Å². The molecule has 4 nitrogen and oxygen atoms in total. The van der Waals surface area contributed by atoms with Gasteiger partial charge in [0.1, 0.15) is 11.4 Å². The summed E-state index contributed by atoms with van der Waals surface area (Å²) in [7, 11) is 1.63. The smallest absolute Gasteiger partial charge is 0.220 e. The number of hydrogen-bond acceptors (Lipinski definition) is 4. The molecule has 0 saturated heterocycles. The highest BCUT2D eigenvalue weighted by atomic mass is 32.1. The van der Waals surface area contributed by atoms with E-state index in [1.807, 2.05) is 48.7 Å². The van der Waals surface area contributed by atoms with Crippen LogP contribution in [0.2, 0.25) is 0 Å². The van der Waals surface area contributed by atoms with Crippen molar-refractivity contribution in [2.24, 2.45) is 0 Å². The molecule has 5 heteroatoms. The zero-order valence-corrected chi connectivity index (χ0v) is 14.5. The third-order valence-corrected chi connectivity index (χ3v) is 4.97. The van der Waals surface area contributed by atoms with E-state index in [9.17, 15) is 9.90 Å². The normalized spacial score (nSPS) is 14.8. The number of benzene rings is 1. The number of ether oxygens (including phenoxy) is 1. The molecule has 124 valence electrons. The Morgan fingerprint density at radius 3 is 2.74 bits per heavy atom. The number of para-hydroxylation sites is 1. The minimum atomic E-state index is -1.04. The van der Waals surface area contributed by atoms with Gasteiger partial charge in [0.15, 0.2) is 0 Å². The molecule has 0 bridgehead atoms. The fourth-order valence-corrected chi connectivity index (χ4v) is 3.26. The minimum Gasteiger partial charge on any atom is -0.496 e. The van der Waals surface area contributed by atoms with Gasteiger partial charge in [0.2, 0.25) is 5.91 Å². The molecule has 0 saturated carbocycles. The molecule has 1 amide bonds. The summed E-state index contributed by atoms with van der Waals surface area (Å²) in [5, 5.41) is 15.2. The van der Waals surface area contributed by atoms with E-state index in [0.717, 1.165) is 16.2 Å². The molecule has 0 aliphatic heterocycles. The van der Waals surface area contributed by atoms with Gasteiger partial charge in [-0.2, -0.15) is 0 Å². The molecule has 1 heterocycles. The fraction of sp³-hybridized carbons (Fsp3) is 0.389. The molecule has 0 fully saturated rings. The lowest BCUT2D eigenvalue weighted by Crippen LogP contribution is -2.38. The average Bonchev–Trinajstić information content (AvgIpc) is 3.08. The number of nitrogens with one attached hydrogen (secondary N) is 1. The third kappa shape index (κ3) is 4.56. The molecule has 0 radical (unpaired) electrons. The third-order valence-electron chi connectivity index (χ3n) is 3.84. The summed E-state index contributed by atoms with van der Waals surface area (Å²) in [6.45, 7) is 3.91. The first-order valence-electron chi connectivity index (χ1n) is 7.60. The number of methoxy groups -OCH3 is 1. The SMILES string of the molecule is COc1ccccc1C(C)CC(=O)NCC(C)(O)c1cccs1. The zero-order chi connectivity index (χ0) is 16.9. The van der Waals surface area contributed by atoms with Crippen LogP contribution in [0.5, 0.6) is 5.75 Å². The number of hydrogen-bond donors (Lipinski definition) is 2. The van der Waals surface area contributed by atoms with Crippen molar-refractivity contribution in [2.75, 3.05) is 13.7 Å². The van der Waals surface area contributed by atoms with Gasteiger partial charge >= 0.3 is 0 Å². The molecule has 2 atom stereocenters. The summed E-state index contributed by atoms with van der Waals surface area (Å²) in [5.41, 5.74) is -0.0347. The van der Waals surface area contributed by atoms with Gasteiger partial charge in [-0.15, -0.1) is 11.3 Å². The van der Waals surface area contributed by atoms with Crippen LogP contribution in [-0.4, -0.2) is 24.7 Å². The van der Waals surface area contributed by atoms with E-state index < -0.39 is 5.60 Å². The first-order valence-corrected chi connectivity index (χ1v) is 8.48. The molecule has 1 aromatic carbocycles. The van der Waals surface area contributed by atoms with Gasteiger partial charge in [0.25, 0.3) is 0 Å². The van der Waals surface area contributed by atoms with Crippen LogP contribution < -0.4 is 10.1 Å². The van der Waals surface area contributed by atoms with Crippen LogP contribution in [0.3, 0.4) is 0 Å². The van der Waals surface area contributed by atoms with Crippen molar-refractivity contribution >= 4 is 17.2 Å². The van der Waals surface area contributed by atoms with E-state index in [1.165, 1.54) is 11.3 Å². The lowest BCUT2D eigenvalue weighted by molar-refractivity contribution is -0.122. The number of carbonyl (C=O) groups excluding carboxylic acids is 1. The van der Waals surface area contributed by atoms with E-state index >= 15 is 0 Å². The molecular formula is C18H23NO3S. The van der Waals surface area contributed by atoms with E-state index in [0.29, 0.717) is 6.42 Å². The molecule has 2 N–H and O–H groups in total. The van der Waals surface area contributed by atoms with Crippen LogP contribution in [0, 0.1) is 0 Å². The largest absolute Gasteiger partial charge is 0.496 e. The van der Waals surface area contributed by atoms with Crippen molar-refractivity contribution in [2.45, 2.75) is 31.8 Å². The Balaban J connectivity index is 1.92. The molecule has 2 unspecified atom stereocenters. The Hall–Kier alpha value is -1.85. The van der Waals surface area contributed by atoms with Crippen LogP contribution >= 0.6 is 11.3 Å². The number of aliphatic hydroxyl groups is 1. The maximum absolute atomic E-state index is 12.2. The quantitative estimate of drug-likeness (QED) is 0.817. The Bertz CT molecular complexity index is 637. The number of carbonyl (C=O) groups is 1. The molecule has 23 heavy (non-hydrogen) atoms. The highest BCUT2D eigenvalue weighted by molar-refractivity contribution is 7.10. The summed E-state index contributed by atoms with van der Waals surface area (Å²) in [4.78, 5) is 13.0. The van der Waals surface area contributed by atoms with Gasteiger partial charge < -0.3 is 15.2 Å². The maximum Gasteiger partial charge on any atom is 0.220 e. The Morgan fingerprint density at radius 1 is 1.35 bits per heavy atom. The Kier molecular flexibility index (Phi) is 5.80. The second kappa shape index (κ2) is 7.62. The van der Waals surface area contributed by atoms with Crippen molar-refractivity contribution in [1.29, 1.82) is 0 Å². The first-order chi connectivity index (χ1) is 10.9. The minimum absolute atomic E-state index is 0.0397.